The van der Waals surface area contributed by atoms with Crippen molar-refractivity contribution in [1.82, 2.24) is 20.2 Å². The number of nitrogens with one attached hydrogen (secondary N) is 2. The Hall–Kier alpha value is -4.86. The van der Waals surface area contributed by atoms with Gasteiger partial charge in [-0.05, 0) is 92.5 Å². The Bertz CT molecular complexity index is 1680. The van der Waals surface area contributed by atoms with E-state index in [1.54, 1.807) is 35.4 Å². The van der Waals surface area contributed by atoms with E-state index in [-0.39, 0.29) is 29.6 Å². The summed E-state index contributed by atoms with van der Waals surface area (Å²) in [5.74, 6) is 1.04. The molecule has 2 aromatic carbocycles. The van der Waals surface area contributed by atoms with Crippen LogP contribution in [0.2, 0.25) is 0 Å². The van der Waals surface area contributed by atoms with Crippen LogP contribution in [0.3, 0.4) is 0 Å². The molecule has 4 aromatic rings. The summed E-state index contributed by atoms with van der Waals surface area (Å²) in [6, 6.07) is 12.2. The summed E-state index contributed by atoms with van der Waals surface area (Å²) in [6.07, 6.45) is 8.23. The quantitative estimate of drug-likeness (QED) is 0.151. The van der Waals surface area contributed by atoms with Crippen molar-refractivity contribution in [3.63, 3.8) is 0 Å². The van der Waals surface area contributed by atoms with Gasteiger partial charge in [0.1, 0.15) is 23.8 Å². The standard InChI is InChI=1S/C36H43N5O5/c1-22(2)29-13-26(18-37-20-29)19-38-31-11-10-25(14-33(31)42)9-8-23(3)39-34(43)27-15-28(17-30(16-27)45-5)36(44)41-12-6-7-32(41)35-40-24(4)21-46-35/h10-11,13-18,20-23,32,38,42H,6-9,12,19H2,1-5H3,(H,39,43)/t23-,32+/m0/s1. The number of anilines is 1. The summed E-state index contributed by atoms with van der Waals surface area (Å²) in [4.78, 5) is 37.4. The largest absolute Gasteiger partial charge is 0.506 e. The van der Waals surface area contributed by atoms with Gasteiger partial charge >= 0.3 is 0 Å². The maximum Gasteiger partial charge on any atom is 0.254 e. The lowest BCUT2D eigenvalue weighted by Crippen LogP contribution is -2.34. The van der Waals surface area contributed by atoms with Crippen LogP contribution in [0.25, 0.3) is 0 Å². The van der Waals surface area contributed by atoms with Crippen molar-refractivity contribution in [3.05, 3.63) is 101 Å². The SMILES string of the molecule is COc1cc(C(=O)N[C@@H](C)CCc2ccc(NCc3cncc(C(C)C)c3)c(O)c2)cc(C(=O)N2CCC[C@@H]2c2nc(C)co2)c1. The summed E-state index contributed by atoms with van der Waals surface area (Å²) < 4.78 is 11.1. The number of nitrogens with zero attached hydrogens (tertiary/aromatic N) is 3. The number of benzene rings is 2. The van der Waals surface area contributed by atoms with E-state index >= 15 is 0 Å². The van der Waals surface area contributed by atoms with Gasteiger partial charge in [0, 0.05) is 42.7 Å². The summed E-state index contributed by atoms with van der Waals surface area (Å²) in [5, 5.41) is 17.0. The Balaban J connectivity index is 1.17. The number of aromatic nitrogens is 2. The second kappa shape index (κ2) is 14.5. The molecule has 1 saturated heterocycles. The van der Waals surface area contributed by atoms with E-state index in [9.17, 15) is 14.7 Å². The number of ether oxygens (including phenoxy) is 1. The highest BCUT2D eigenvalue weighted by Crippen LogP contribution is 2.33. The van der Waals surface area contributed by atoms with Crippen LogP contribution < -0.4 is 15.4 Å². The highest BCUT2D eigenvalue weighted by atomic mass is 16.5. The topological polar surface area (TPSA) is 130 Å². The molecule has 0 bridgehead atoms. The number of hydrogen-bond acceptors (Lipinski definition) is 8. The van der Waals surface area contributed by atoms with Crippen LogP contribution in [0.15, 0.2) is 65.5 Å². The van der Waals surface area contributed by atoms with Crippen LogP contribution >= 0.6 is 0 Å². The molecule has 10 heteroatoms. The zero-order valence-electron chi connectivity index (χ0n) is 27.2. The maximum atomic E-state index is 13.6. The first-order valence-corrected chi connectivity index (χ1v) is 15.8. The van der Waals surface area contributed by atoms with Crippen LogP contribution in [0, 0.1) is 6.92 Å². The minimum Gasteiger partial charge on any atom is -0.506 e. The third-order valence-electron chi connectivity index (χ3n) is 8.36. The van der Waals surface area contributed by atoms with Crippen molar-refractivity contribution in [1.29, 1.82) is 0 Å². The Morgan fingerprint density at radius 1 is 1.09 bits per heavy atom. The van der Waals surface area contributed by atoms with E-state index in [2.05, 4.69) is 40.5 Å². The zero-order valence-corrected chi connectivity index (χ0v) is 27.2. The van der Waals surface area contributed by atoms with Crippen LogP contribution in [0.5, 0.6) is 11.5 Å². The van der Waals surface area contributed by atoms with Crippen molar-refractivity contribution in [2.45, 2.75) is 77.9 Å². The van der Waals surface area contributed by atoms with Gasteiger partial charge in [0.15, 0.2) is 0 Å². The lowest BCUT2D eigenvalue weighted by atomic mass is 10.0. The van der Waals surface area contributed by atoms with Gasteiger partial charge in [0.2, 0.25) is 5.89 Å². The predicted octanol–water partition coefficient (Wildman–Crippen LogP) is 6.56. The Kier molecular flexibility index (Phi) is 10.2. The van der Waals surface area contributed by atoms with Crippen LogP contribution in [-0.2, 0) is 13.0 Å². The van der Waals surface area contributed by atoms with Gasteiger partial charge < -0.3 is 29.8 Å². The predicted molar refractivity (Wildman–Crippen MR) is 176 cm³/mol. The van der Waals surface area contributed by atoms with Gasteiger partial charge in [-0.2, -0.15) is 0 Å². The number of pyridine rings is 1. The van der Waals surface area contributed by atoms with Gasteiger partial charge in [-0.25, -0.2) is 4.98 Å². The van der Waals surface area contributed by atoms with E-state index < -0.39 is 0 Å². The molecule has 1 aliphatic heterocycles. The van der Waals surface area contributed by atoms with Gasteiger partial charge in [-0.15, -0.1) is 0 Å². The molecule has 2 aromatic heterocycles. The molecule has 0 radical (unpaired) electrons. The number of aryl methyl sites for hydroxylation is 2. The van der Waals surface area contributed by atoms with Crippen molar-refractivity contribution in [2.24, 2.45) is 0 Å². The van der Waals surface area contributed by atoms with Crippen molar-refractivity contribution in [2.75, 3.05) is 19.0 Å². The zero-order chi connectivity index (χ0) is 32.8. The van der Waals surface area contributed by atoms with E-state index in [0.717, 1.165) is 29.7 Å². The monoisotopic (exact) mass is 625 g/mol. The number of carbonyl (C=O) groups is 2. The second-order valence-corrected chi connectivity index (χ2v) is 12.3. The molecule has 0 unspecified atom stereocenters. The first-order chi connectivity index (χ1) is 22.1. The average molecular weight is 626 g/mol. The molecule has 2 atom stereocenters. The molecule has 0 saturated carbocycles. The molecule has 1 fully saturated rings. The number of phenols is 1. The third kappa shape index (κ3) is 7.85. The summed E-state index contributed by atoms with van der Waals surface area (Å²) >= 11 is 0. The fraction of sp³-hybridized carbons (Fsp3) is 0.389. The minimum atomic E-state index is -0.292. The highest BCUT2D eigenvalue weighted by molar-refractivity contribution is 6.00. The third-order valence-corrected chi connectivity index (χ3v) is 8.36. The van der Waals surface area contributed by atoms with Gasteiger partial charge in [-0.3, -0.25) is 14.6 Å². The van der Waals surface area contributed by atoms with Crippen molar-refractivity contribution < 1.29 is 23.8 Å². The van der Waals surface area contributed by atoms with Crippen LogP contribution in [-0.4, -0.2) is 51.5 Å². The Morgan fingerprint density at radius 3 is 2.61 bits per heavy atom. The van der Waals surface area contributed by atoms with Gasteiger partial charge in [0.05, 0.1) is 18.5 Å². The number of likely N-dealkylation sites (tertiary alicyclic amines) is 1. The van der Waals surface area contributed by atoms with Gasteiger partial charge in [-0.1, -0.05) is 26.0 Å². The first-order valence-electron chi connectivity index (χ1n) is 15.8. The molecule has 3 N–H and O–H groups in total. The summed E-state index contributed by atoms with van der Waals surface area (Å²) in [5.41, 5.74) is 5.33. The molecule has 5 rings (SSSR count). The first kappa shape index (κ1) is 32.5. The number of oxazole rings is 1. The van der Waals surface area contributed by atoms with E-state index in [0.29, 0.717) is 60.3 Å². The van der Waals surface area contributed by atoms with Crippen molar-refractivity contribution >= 4 is 17.5 Å². The average Bonchev–Trinajstić information content (AvgIpc) is 3.72. The van der Waals surface area contributed by atoms with Gasteiger partial charge in [0.25, 0.3) is 11.8 Å². The Labute approximate surface area is 270 Å². The number of rotatable bonds is 12. The molecule has 2 amide bonds. The number of carbonyl (C=O) groups excluding carboxylic acids is 2. The van der Waals surface area contributed by atoms with E-state index in [1.165, 1.54) is 12.7 Å². The molecular formula is C36H43N5O5. The lowest BCUT2D eigenvalue weighted by molar-refractivity contribution is 0.0715. The fourth-order valence-corrected chi connectivity index (χ4v) is 5.69. The number of amides is 2. The molecule has 0 aliphatic carbocycles. The fourth-order valence-electron chi connectivity index (χ4n) is 5.69. The molecular weight excluding hydrogens is 582 g/mol. The normalized spacial score (nSPS) is 15.2. The van der Waals surface area contributed by atoms with E-state index in [1.807, 2.05) is 38.4 Å². The molecule has 1 aliphatic rings. The Morgan fingerprint density at radius 2 is 1.89 bits per heavy atom. The second-order valence-electron chi connectivity index (χ2n) is 12.3. The maximum absolute atomic E-state index is 13.6. The van der Waals surface area contributed by atoms with E-state index in [4.69, 9.17) is 9.15 Å². The lowest BCUT2D eigenvalue weighted by Gasteiger charge is -2.23. The number of methoxy groups -OCH3 is 1. The smallest absolute Gasteiger partial charge is 0.254 e. The molecule has 10 nitrogen and oxygen atoms in total. The number of aromatic hydroxyl groups is 1. The van der Waals surface area contributed by atoms with Crippen molar-refractivity contribution in [3.8, 4) is 11.5 Å². The number of hydrogen-bond donors (Lipinski definition) is 3. The molecule has 0 spiro atoms. The summed E-state index contributed by atoms with van der Waals surface area (Å²) in [6.45, 7) is 9.20. The molecule has 3 heterocycles. The minimum absolute atomic E-state index is 0.158. The summed E-state index contributed by atoms with van der Waals surface area (Å²) in [7, 11) is 1.51. The van der Waals surface area contributed by atoms with Crippen LogP contribution in [0.1, 0.15) is 101 Å². The molecule has 242 valence electrons. The highest BCUT2D eigenvalue weighted by Gasteiger charge is 2.34. The molecule has 46 heavy (non-hydrogen) atoms. The van der Waals surface area contributed by atoms with Crippen LogP contribution in [0.4, 0.5) is 5.69 Å². The number of phenolic OH excluding ortho intramolecular Hbond substituents is 1.